The van der Waals surface area contributed by atoms with E-state index in [-0.39, 0.29) is 12.7 Å². The summed E-state index contributed by atoms with van der Waals surface area (Å²) in [5.74, 6) is -0.450. The minimum absolute atomic E-state index is 0.0412. The van der Waals surface area contributed by atoms with Gasteiger partial charge < -0.3 is 28.4 Å². The number of fused-ring (bicyclic) bond motifs is 3. The molecule has 33 heavy (non-hydrogen) atoms. The van der Waals surface area contributed by atoms with Crippen LogP contribution in [0, 0.1) is 0 Å². The molecule has 1 aliphatic rings. The summed E-state index contributed by atoms with van der Waals surface area (Å²) in [7, 11) is 0. The topological polar surface area (TPSA) is 72.5 Å². The monoisotopic (exact) mass is 456 g/mol. The Morgan fingerprint density at radius 2 is 1.09 bits per heavy atom. The molecule has 0 saturated heterocycles. The zero-order valence-corrected chi connectivity index (χ0v) is 18.9. The van der Waals surface area contributed by atoms with Crippen molar-refractivity contribution in [1.82, 2.24) is 0 Å². The fraction of sp³-hybridized carbons (Fsp3) is 0.423. The van der Waals surface area contributed by atoms with Crippen molar-refractivity contribution in [1.29, 1.82) is 0 Å². The summed E-state index contributed by atoms with van der Waals surface area (Å²) in [6.45, 7) is 7.77. The molecule has 0 spiro atoms. The van der Waals surface area contributed by atoms with E-state index in [1.807, 2.05) is 0 Å². The van der Waals surface area contributed by atoms with Crippen molar-refractivity contribution in [2.45, 2.75) is 6.10 Å². The first kappa shape index (κ1) is 25.1. The summed E-state index contributed by atoms with van der Waals surface area (Å²) in [6, 6.07) is 16.8. The summed E-state index contributed by atoms with van der Waals surface area (Å²) >= 11 is 0. The zero-order valence-electron chi connectivity index (χ0n) is 18.9. The third-order valence-electron chi connectivity index (χ3n) is 5.04. The highest BCUT2D eigenvalue weighted by molar-refractivity contribution is 5.81. The first-order valence-electron chi connectivity index (χ1n) is 11.2. The average molecular weight is 457 g/mol. The van der Waals surface area contributed by atoms with Gasteiger partial charge in [-0.1, -0.05) is 55.1 Å². The number of ether oxygens (including phenoxy) is 6. The highest BCUT2D eigenvalue weighted by Gasteiger charge is 2.28. The van der Waals surface area contributed by atoms with Gasteiger partial charge in [-0.3, -0.25) is 0 Å². The Labute approximate surface area is 195 Å². The summed E-state index contributed by atoms with van der Waals surface area (Å²) in [6.07, 6.45) is 1.08. The lowest BCUT2D eigenvalue weighted by molar-refractivity contribution is -0.139. The standard InChI is InChI=1S/C26H32O7/c1-2-25(27)32-19-17-30-15-13-28-11-12-29-14-16-31-18-20-33-26-23-9-5-3-7-21(23)22-8-4-6-10-24(22)26/h2-10,26H,1,11-20H2. The van der Waals surface area contributed by atoms with Crippen LogP contribution in [0.3, 0.4) is 0 Å². The summed E-state index contributed by atoms with van der Waals surface area (Å²) in [5.41, 5.74) is 4.91. The van der Waals surface area contributed by atoms with E-state index in [0.717, 1.165) is 6.08 Å². The van der Waals surface area contributed by atoms with Gasteiger partial charge in [-0.2, -0.15) is 0 Å². The van der Waals surface area contributed by atoms with Crippen molar-refractivity contribution >= 4 is 5.97 Å². The Bertz CT molecular complexity index is 822. The molecule has 7 nitrogen and oxygen atoms in total. The van der Waals surface area contributed by atoms with E-state index in [9.17, 15) is 4.79 Å². The van der Waals surface area contributed by atoms with Crippen LogP contribution in [-0.2, 0) is 33.2 Å². The number of carbonyl (C=O) groups is 1. The molecule has 2 aromatic rings. The molecule has 0 bridgehead atoms. The fourth-order valence-corrected chi connectivity index (χ4v) is 3.54. The largest absolute Gasteiger partial charge is 0.460 e. The van der Waals surface area contributed by atoms with Crippen LogP contribution in [-0.4, -0.2) is 72.0 Å². The van der Waals surface area contributed by atoms with Crippen LogP contribution in [0.25, 0.3) is 11.1 Å². The average Bonchev–Trinajstić information content (AvgIpc) is 3.17. The molecule has 0 aliphatic heterocycles. The summed E-state index contributed by atoms with van der Waals surface area (Å²) in [5, 5.41) is 0. The Hall–Kier alpha value is -2.55. The van der Waals surface area contributed by atoms with Gasteiger partial charge in [0.1, 0.15) is 12.7 Å². The van der Waals surface area contributed by atoms with Crippen molar-refractivity contribution in [2.24, 2.45) is 0 Å². The normalized spacial score (nSPS) is 12.4. The Morgan fingerprint density at radius 1 is 0.667 bits per heavy atom. The maximum absolute atomic E-state index is 10.8. The van der Waals surface area contributed by atoms with E-state index >= 15 is 0 Å². The smallest absolute Gasteiger partial charge is 0.330 e. The van der Waals surface area contributed by atoms with E-state index in [1.165, 1.54) is 22.3 Å². The van der Waals surface area contributed by atoms with Gasteiger partial charge in [0.25, 0.3) is 0 Å². The third-order valence-corrected chi connectivity index (χ3v) is 5.04. The number of hydrogen-bond acceptors (Lipinski definition) is 7. The molecule has 0 saturated carbocycles. The van der Waals surface area contributed by atoms with Crippen LogP contribution < -0.4 is 0 Å². The van der Waals surface area contributed by atoms with Crippen molar-refractivity contribution in [2.75, 3.05) is 66.1 Å². The summed E-state index contributed by atoms with van der Waals surface area (Å²) in [4.78, 5) is 10.8. The molecule has 0 N–H and O–H groups in total. The Balaban J connectivity index is 1.15. The predicted molar refractivity (Wildman–Crippen MR) is 124 cm³/mol. The first-order valence-corrected chi connectivity index (χ1v) is 11.2. The lowest BCUT2D eigenvalue weighted by Crippen LogP contribution is -2.15. The van der Waals surface area contributed by atoms with Crippen molar-refractivity contribution in [3.05, 3.63) is 72.3 Å². The maximum Gasteiger partial charge on any atom is 0.330 e. The van der Waals surface area contributed by atoms with E-state index in [2.05, 4.69) is 55.1 Å². The van der Waals surface area contributed by atoms with E-state index in [0.29, 0.717) is 59.5 Å². The molecule has 0 atom stereocenters. The molecule has 178 valence electrons. The lowest BCUT2D eigenvalue weighted by Gasteiger charge is -2.15. The van der Waals surface area contributed by atoms with Crippen molar-refractivity contribution in [3.63, 3.8) is 0 Å². The third kappa shape index (κ3) is 8.07. The second-order valence-electron chi connectivity index (χ2n) is 7.25. The number of carbonyl (C=O) groups excluding carboxylic acids is 1. The highest BCUT2D eigenvalue weighted by Crippen LogP contribution is 2.44. The molecule has 0 amide bonds. The molecule has 2 aromatic carbocycles. The fourth-order valence-electron chi connectivity index (χ4n) is 3.54. The molecule has 0 fully saturated rings. The molecule has 7 heteroatoms. The van der Waals surface area contributed by atoms with Crippen LogP contribution in [0.4, 0.5) is 0 Å². The van der Waals surface area contributed by atoms with Crippen LogP contribution in [0.15, 0.2) is 61.2 Å². The molecule has 0 unspecified atom stereocenters. The molecular weight excluding hydrogens is 424 g/mol. The van der Waals surface area contributed by atoms with Gasteiger partial charge in [0.15, 0.2) is 0 Å². The van der Waals surface area contributed by atoms with Crippen LogP contribution in [0.5, 0.6) is 0 Å². The number of hydrogen-bond donors (Lipinski definition) is 0. The second-order valence-corrected chi connectivity index (χ2v) is 7.25. The van der Waals surface area contributed by atoms with Gasteiger partial charge in [0.2, 0.25) is 0 Å². The van der Waals surface area contributed by atoms with E-state index < -0.39 is 5.97 Å². The van der Waals surface area contributed by atoms with Crippen molar-refractivity contribution < 1.29 is 33.2 Å². The van der Waals surface area contributed by atoms with Gasteiger partial charge in [0.05, 0.1) is 59.5 Å². The number of rotatable bonds is 17. The van der Waals surface area contributed by atoms with Gasteiger partial charge in [-0.25, -0.2) is 4.79 Å². The minimum atomic E-state index is -0.450. The molecular formula is C26H32O7. The van der Waals surface area contributed by atoms with Gasteiger partial charge in [-0.15, -0.1) is 0 Å². The SMILES string of the molecule is C=CC(=O)OCCOCCOCCOCCOCCOC1c2ccccc2-c2ccccc21. The number of esters is 1. The Kier molecular flexibility index (Phi) is 11.1. The van der Waals surface area contributed by atoms with Gasteiger partial charge >= 0.3 is 5.97 Å². The zero-order chi connectivity index (χ0) is 23.1. The lowest BCUT2D eigenvalue weighted by atomic mass is 10.1. The van der Waals surface area contributed by atoms with Crippen molar-refractivity contribution in [3.8, 4) is 11.1 Å². The molecule has 0 aromatic heterocycles. The minimum Gasteiger partial charge on any atom is -0.460 e. The Morgan fingerprint density at radius 3 is 1.58 bits per heavy atom. The maximum atomic E-state index is 10.8. The number of benzene rings is 2. The summed E-state index contributed by atoms with van der Waals surface area (Å²) < 4.78 is 32.7. The molecule has 1 aliphatic carbocycles. The van der Waals surface area contributed by atoms with Crippen LogP contribution in [0.2, 0.25) is 0 Å². The second kappa shape index (κ2) is 14.6. The first-order chi connectivity index (χ1) is 16.3. The predicted octanol–water partition coefficient (Wildman–Crippen LogP) is 3.57. The molecule has 3 rings (SSSR count). The van der Waals surface area contributed by atoms with Gasteiger partial charge in [0, 0.05) is 6.08 Å². The highest BCUT2D eigenvalue weighted by atomic mass is 16.6. The van der Waals surface area contributed by atoms with Crippen LogP contribution in [0.1, 0.15) is 17.2 Å². The quantitative estimate of drug-likeness (QED) is 0.205. The molecule has 0 radical (unpaired) electrons. The van der Waals surface area contributed by atoms with E-state index in [4.69, 9.17) is 28.4 Å². The van der Waals surface area contributed by atoms with E-state index in [1.54, 1.807) is 0 Å². The molecule has 0 heterocycles. The van der Waals surface area contributed by atoms with Crippen LogP contribution >= 0.6 is 0 Å². The van der Waals surface area contributed by atoms with Gasteiger partial charge in [-0.05, 0) is 22.3 Å².